The van der Waals surface area contributed by atoms with Crippen LogP contribution in [0.15, 0.2) is 48.5 Å². The quantitative estimate of drug-likeness (QED) is 0.649. The summed E-state index contributed by atoms with van der Waals surface area (Å²) in [5, 5.41) is 0.616. The molecule has 0 radical (unpaired) electrons. The molecule has 1 atom stereocenters. The van der Waals surface area contributed by atoms with Crippen molar-refractivity contribution in [2.24, 2.45) is 0 Å². The van der Waals surface area contributed by atoms with Gasteiger partial charge in [0.2, 0.25) is 15.9 Å². The molecule has 2 rings (SSSR count). The summed E-state index contributed by atoms with van der Waals surface area (Å²) in [6, 6.07) is 12.9. The molecule has 0 saturated carbocycles. The largest absolute Gasteiger partial charge is 0.494 e. The molecule has 152 valence electrons. The van der Waals surface area contributed by atoms with E-state index < -0.39 is 16.1 Å². The van der Waals surface area contributed by atoms with Crippen LogP contribution < -0.4 is 9.04 Å². The number of sulfonamides is 1. The highest BCUT2D eigenvalue weighted by Gasteiger charge is 2.31. The van der Waals surface area contributed by atoms with Gasteiger partial charge in [0.15, 0.2) is 0 Å². The number of carbonyl (C=O) groups is 1. The van der Waals surface area contributed by atoms with Gasteiger partial charge in [0.1, 0.15) is 11.8 Å². The Labute approximate surface area is 171 Å². The Balaban J connectivity index is 2.22. The number of ether oxygens (including phenoxy) is 1. The second-order valence-electron chi connectivity index (χ2n) is 6.48. The molecule has 0 spiro atoms. The van der Waals surface area contributed by atoms with Gasteiger partial charge >= 0.3 is 0 Å². The van der Waals surface area contributed by atoms with Crippen molar-refractivity contribution in [3.8, 4) is 5.75 Å². The van der Waals surface area contributed by atoms with Gasteiger partial charge in [0.05, 0.1) is 18.6 Å². The highest BCUT2D eigenvalue weighted by atomic mass is 35.5. The van der Waals surface area contributed by atoms with Gasteiger partial charge in [0.25, 0.3) is 0 Å². The number of benzene rings is 2. The zero-order valence-corrected chi connectivity index (χ0v) is 18.0. The van der Waals surface area contributed by atoms with Crippen LogP contribution in [0, 0.1) is 0 Å². The Morgan fingerprint density at radius 2 is 1.68 bits per heavy atom. The molecule has 0 aliphatic carbocycles. The summed E-state index contributed by atoms with van der Waals surface area (Å²) in [6.07, 6.45) is 1.09. The number of nitrogens with zero attached hydrogens (tertiary/aromatic N) is 2. The highest BCUT2D eigenvalue weighted by molar-refractivity contribution is 7.92. The predicted octanol–water partition coefficient (Wildman–Crippen LogP) is 3.55. The van der Waals surface area contributed by atoms with Crippen LogP contribution >= 0.6 is 11.6 Å². The fraction of sp³-hybridized carbons (Fsp3) is 0.350. The van der Waals surface area contributed by atoms with E-state index in [4.69, 9.17) is 16.3 Å². The number of rotatable bonds is 8. The summed E-state index contributed by atoms with van der Waals surface area (Å²) in [5.74, 6) is 0.327. The third-order valence-electron chi connectivity index (χ3n) is 4.18. The van der Waals surface area contributed by atoms with Crippen LogP contribution in [-0.2, 0) is 21.4 Å². The van der Waals surface area contributed by atoms with Gasteiger partial charge in [-0.25, -0.2) is 8.42 Å². The van der Waals surface area contributed by atoms with Crippen LogP contribution in [-0.4, -0.2) is 45.2 Å². The first-order valence-electron chi connectivity index (χ1n) is 8.85. The van der Waals surface area contributed by atoms with E-state index in [-0.39, 0.29) is 5.91 Å². The van der Waals surface area contributed by atoms with E-state index in [1.165, 1.54) is 4.90 Å². The number of carbonyl (C=O) groups excluding carboxylic acids is 1. The number of amides is 1. The van der Waals surface area contributed by atoms with Crippen molar-refractivity contribution >= 4 is 33.2 Å². The zero-order chi connectivity index (χ0) is 20.9. The summed E-state index contributed by atoms with van der Waals surface area (Å²) in [4.78, 5) is 14.4. The van der Waals surface area contributed by atoms with Gasteiger partial charge in [-0.05, 0) is 55.8 Å². The molecule has 0 saturated heterocycles. The monoisotopic (exact) mass is 424 g/mol. The minimum atomic E-state index is -3.67. The lowest BCUT2D eigenvalue weighted by atomic mass is 10.2. The molecular formula is C20H25ClN2O4S. The Morgan fingerprint density at radius 3 is 2.18 bits per heavy atom. The van der Waals surface area contributed by atoms with Gasteiger partial charge in [-0.2, -0.15) is 0 Å². The van der Waals surface area contributed by atoms with E-state index >= 15 is 0 Å². The second-order valence-corrected chi connectivity index (χ2v) is 8.78. The minimum absolute atomic E-state index is 0.311. The summed E-state index contributed by atoms with van der Waals surface area (Å²) in [5.41, 5.74) is 1.31. The maximum atomic E-state index is 12.9. The molecular weight excluding hydrogens is 400 g/mol. The lowest BCUT2D eigenvalue weighted by molar-refractivity contribution is -0.131. The predicted molar refractivity (Wildman–Crippen MR) is 112 cm³/mol. The zero-order valence-electron chi connectivity index (χ0n) is 16.4. The summed E-state index contributed by atoms with van der Waals surface area (Å²) >= 11 is 5.89. The lowest BCUT2D eigenvalue weighted by Crippen LogP contribution is -2.48. The van der Waals surface area contributed by atoms with Crippen molar-refractivity contribution in [1.29, 1.82) is 0 Å². The van der Waals surface area contributed by atoms with Gasteiger partial charge in [-0.3, -0.25) is 9.10 Å². The van der Waals surface area contributed by atoms with Crippen LogP contribution in [0.3, 0.4) is 0 Å². The summed E-state index contributed by atoms with van der Waals surface area (Å²) < 4.78 is 31.4. The van der Waals surface area contributed by atoms with E-state index in [2.05, 4.69) is 0 Å². The van der Waals surface area contributed by atoms with Gasteiger partial charge in [-0.15, -0.1) is 0 Å². The highest BCUT2D eigenvalue weighted by Crippen LogP contribution is 2.25. The van der Waals surface area contributed by atoms with Crippen LogP contribution in [0.1, 0.15) is 19.4 Å². The fourth-order valence-electron chi connectivity index (χ4n) is 2.92. The molecule has 1 amide bonds. The van der Waals surface area contributed by atoms with Crippen LogP contribution in [0.2, 0.25) is 5.02 Å². The van der Waals surface area contributed by atoms with Crippen molar-refractivity contribution in [3.05, 3.63) is 59.1 Å². The third-order valence-corrected chi connectivity index (χ3v) is 5.67. The van der Waals surface area contributed by atoms with Gasteiger partial charge < -0.3 is 9.64 Å². The molecule has 0 aliphatic rings. The Morgan fingerprint density at radius 1 is 1.11 bits per heavy atom. The van der Waals surface area contributed by atoms with E-state index in [9.17, 15) is 13.2 Å². The first-order chi connectivity index (χ1) is 13.1. The van der Waals surface area contributed by atoms with Crippen molar-refractivity contribution < 1.29 is 17.9 Å². The maximum absolute atomic E-state index is 12.9. The fourth-order valence-corrected chi connectivity index (χ4v) is 4.21. The number of hydrogen-bond acceptors (Lipinski definition) is 4. The number of anilines is 1. The Kier molecular flexibility index (Phi) is 7.32. The number of likely N-dealkylation sites (N-methyl/N-ethyl adjacent to an activating group) is 1. The molecule has 6 nitrogen and oxygen atoms in total. The first-order valence-corrected chi connectivity index (χ1v) is 11.1. The van der Waals surface area contributed by atoms with E-state index in [0.29, 0.717) is 29.6 Å². The number of hydrogen-bond donors (Lipinski definition) is 0. The molecule has 0 bridgehead atoms. The molecule has 0 aromatic heterocycles. The van der Waals surface area contributed by atoms with Crippen molar-refractivity contribution in [1.82, 2.24) is 4.90 Å². The SMILES string of the molecule is CCOc1ccc(N(C(C)C(=O)N(C)Cc2ccc(Cl)cc2)S(C)(=O)=O)cc1. The smallest absolute Gasteiger partial charge is 0.246 e. The summed E-state index contributed by atoms with van der Waals surface area (Å²) in [6.45, 7) is 4.31. The lowest BCUT2D eigenvalue weighted by Gasteiger charge is -2.31. The second kappa shape index (κ2) is 9.30. The molecule has 28 heavy (non-hydrogen) atoms. The molecule has 0 heterocycles. The van der Waals surface area contributed by atoms with E-state index in [1.807, 2.05) is 19.1 Å². The molecule has 1 unspecified atom stereocenters. The van der Waals surface area contributed by atoms with E-state index in [1.54, 1.807) is 50.4 Å². The Hall–Kier alpha value is -2.25. The molecule has 8 heteroatoms. The minimum Gasteiger partial charge on any atom is -0.494 e. The topological polar surface area (TPSA) is 66.9 Å². The third kappa shape index (κ3) is 5.62. The Bertz CT molecular complexity index is 899. The average molecular weight is 425 g/mol. The molecule has 2 aromatic carbocycles. The standard InChI is InChI=1S/C20H25ClN2O4S/c1-5-27-19-12-10-18(11-13-19)23(28(4,25)26)15(2)20(24)22(3)14-16-6-8-17(21)9-7-16/h6-13,15H,5,14H2,1-4H3. The van der Waals surface area contributed by atoms with Crippen LogP contribution in [0.5, 0.6) is 5.75 Å². The van der Waals surface area contributed by atoms with Crippen LogP contribution in [0.4, 0.5) is 5.69 Å². The molecule has 0 N–H and O–H groups in total. The normalized spacial score (nSPS) is 12.3. The maximum Gasteiger partial charge on any atom is 0.246 e. The van der Waals surface area contributed by atoms with Gasteiger partial charge in [-0.1, -0.05) is 23.7 Å². The van der Waals surface area contributed by atoms with Crippen molar-refractivity contribution in [2.75, 3.05) is 24.2 Å². The van der Waals surface area contributed by atoms with Crippen LogP contribution in [0.25, 0.3) is 0 Å². The van der Waals surface area contributed by atoms with Gasteiger partial charge in [0, 0.05) is 18.6 Å². The van der Waals surface area contributed by atoms with Crippen molar-refractivity contribution in [3.63, 3.8) is 0 Å². The molecule has 2 aromatic rings. The molecule has 0 fully saturated rings. The first kappa shape index (κ1) is 22.0. The summed E-state index contributed by atoms with van der Waals surface area (Å²) in [7, 11) is -2.03. The average Bonchev–Trinajstić information content (AvgIpc) is 2.63. The number of halogens is 1. The van der Waals surface area contributed by atoms with Crippen molar-refractivity contribution in [2.45, 2.75) is 26.4 Å². The molecule has 0 aliphatic heterocycles. The van der Waals surface area contributed by atoms with E-state index in [0.717, 1.165) is 16.1 Å².